The van der Waals surface area contributed by atoms with Crippen LogP contribution in [0.2, 0.25) is 5.02 Å². The number of hydrogen-bond acceptors (Lipinski definition) is 4. The number of nitrogens with one attached hydrogen (secondary N) is 1. The molecule has 6 nitrogen and oxygen atoms in total. The van der Waals surface area contributed by atoms with Gasteiger partial charge in [-0.1, -0.05) is 11.6 Å². The molecular weight excluding hydrogens is 337 g/mol. The molecule has 8 heteroatoms. The number of carbonyl (C=O) groups is 2. The number of methoxy groups -OCH3 is 1. The van der Waals surface area contributed by atoms with Gasteiger partial charge in [-0.2, -0.15) is 0 Å². The van der Waals surface area contributed by atoms with Crippen LogP contribution in [0.15, 0.2) is 18.2 Å². The molecule has 0 aromatic heterocycles. The molecular formula is C16H21ClFN3O3. The molecule has 1 aromatic rings. The number of benzene rings is 1. The van der Waals surface area contributed by atoms with Gasteiger partial charge in [0.25, 0.3) is 0 Å². The minimum atomic E-state index is -0.532. The number of carbonyl (C=O) groups excluding carboxylic acids is 2. The summed E-state index contributed by atoms with van der Waals surface area (Å²) >= 11 is 5.82. The number of hydrogen-bond donors (Lipinski definition) is 1. The van der Waals surface area contributed by atoms with Crippen LogP contribution in [0.1, 0.15) is 6.92 Å². The summed E-state index contributed by atoms with van der Waals surface area (Å²) < 4.78 is 18.5. The summed E-state index contributed by atoms with van der Waals surface area (Å²) in [5.74, 6) is -0.905. The van der Waals surface area contributed by atoms with Crippen molar-refractivity contribution in [2.24, 2.45) is 0 Å². The standard InChI is InChI=1S/C16H21ClFN3O3/c1-11(16(23)19-14-9-12(17)3-4-13(14)18)20-5-7-21(8-6-20)15(22)10-24-2/h3-4,9,11H,5-8,10H2,1-2H3,(H,19,23). The average molecular weight is 358 g/mol. The van der Waals surface area contributed by atoms with E-state index in [1.54, 1.807) is 11.8 Å². The first kappa shape index (κ1) is 18.6. The van der Waals surface area contributed by atoms with Gasteiger partial charge in [0.15, 0.2) is 0 Å². The SMILES string of the molecule is COCC(=O)N1CCN(C(C)C(=O)Nc2cc(Cl)ccc2F)CC1. The lowest BCUT2D eigenvalue weighted by atomic mass is 10.2. The fourth-order valence-corrected chi connectivity index (χ4v) is 2.74. The monoisotopic (exact) mass is 357 g/mol. The van der Waals surface area contributed by atoms with Crippen molar-refractivity contribution in [3.63, 3.8) is 0 Å². The summed E-state index contributed by atoms with van der Waals surface area (Å²) in [6.07, 6.45) is 0. The van der Waals surface area contributed by atoms with Crippen LogP contribution in [0.25, 0.3) is 0 Å². The molecule has 0 spiro atoms. The molecule has 0 saturated carbocycles. The van der Waals surface area contributed by atoms with Crippen LogP contribution in [0.3, 0.4) is 0 Å². The molecule has 0 radical (unpaired) electrons. The summed E-state index contributed by atoms with van der Waals surface area (Å²) in [5.41, 5.74) is 0.0632. The number of rotatable bonds is 5. The van der Waals surface area contributed by atoms with Gasteiger partial charge in [0.1, 0.15) is 12.4 Å². The molecule has 2 rings (SSSR count). The highest BCUT2D eigenvalue weighted by Gasteiger charge is 2.27. The Balaban J connectivity index is 1.90. The van der Waals surface area contributed by atoms with Crippen molar-refractivity contribution in [1.82, 2.24) is 9.80 Å². The van der Waals surface area contributed by atoms with Crippen molar-refractivity contribution in [3.8, 4) is 0 Å². The zero-order valence-electron chi connectivity index (χ0n) is 13.7. The maximum atomic E-state index is 13.7. The topological polar surface area (TPSA) is 61.9 Å². The number of piperazine rings is 1. The third-order valence-electron chi connectivity index (χ3n) is 4.05. The smallest absolute Gasteiger partial charge is 0.248 e. The quantitative estimate of drug-likeness (QED) is 0.869. The lowest BCUT2D eigenvalue weighted by molar-refractivity contribution is -0.137. The van der Waals surface area contributed by atoms with E-state index in [4.69, 9.17) is 16.3 Å². The molecule has 1 aliphatic rings. The number of nitrogens with zero attached hydrogens (tertiary/aromatic N) is 2. The highest BCUT2D eigenvalue weighted by molar-refractivity contribution is 6.30. The molecule has 1 fully saturated rings. The van der Waals surface area contributed by atoms with Crippen LogP contribution in [0.5, 0.6) is 0 Å². The van der Waals surface area contributed by atoms with Crippen LogP contribution >= 0.6 is 11.6 Å². The third-order valence-corrected chi connectivity index (χ3v) is 4.28. The first-order chi connectivity index (χ1) is 11.4. The summed E-state index contributed by atoms with van der Waals surface area (Å²) in [6, 6.07) is 3.57. The van der Waals surface area contributed by atoms with Gasteiger partial charge >= 0.3 is 0 Å². The van der Waals surface area contributed by atoms with Crippen molar-refractivity contribution < 1.29 is 18.7 Å². The maximum Gasteiger partial charge on any atom is 0.248 e. The van der Waals surface area contributed by atoms with Crippen LogP contribution in [-0.2, 0) is 14.3 Å². The number of anilines is 1. The number of halogens is 2. The van der Waals surface area contributed by atoms with Crippen LogP contribution in [-0.4, -0.2) is 67.6 Å². The van der Waals surface area contributed by atoms with Gasteiger partial charge in [-0.25, -0.2) is 4.39 Å². The predicted octanol–water partition coefficient (Wildman–Crippen LogP) is 1.60. The largest absolute Gasteiger partial charge is 0.375 e. The second kappa shape index (κ2) is 8.41. The Kier molecular flexibility index (Phi) is 6.53. The molecule has 0 bridgehead atoms. The molecule has 1 unspecified atom stereocenters. The molecule has 1 N–H and O–H groups in total. The van der Waals surface area contributed by atoms with Gasteiger partial charge in [-0.3, -0.25) is 14.5 Å². The van der Waals surface area contributed by atoms with Crippen LogP contribution < -0.4 is 5.32 Å². The predicted molar refractivity (Wildman–Crippen MR) is 89.5 cm³/mol. The van der Waals surface area contributed by atoms with E-state index in [0.717, 1.165) is 0 Å². The highest BCUT2D eigenvalue weighted by atomic mass is 35.5. The van der Waals surface area contributed by atoms with E-state index >= 15 is 0 Å². The van der Waals surface area contributed by atoms with Gasteiger partial charge in [0.05, 0.1) is 11.7 Å². The van der Waals surface area contributed by atoms with Gasteiger partial charge < -0.3 is 15.0 Å². The van der Waals surface area contributed by atoms with Crippen molar-refractivity contribution in [3.05, 3.63) is 29.0 Å². The van der Waals surface area contributed by atoms with E-state index in [2.05, 4.69) is 5.32 Å². The van der Waals surface area contributed by atoms with Crippen LogP contribution in [0, 0.1) is 5.82 Å². The van der Waals surface area contributed by atoms with Crippen molar-refractivity contribution in [2.75, 3.05) is 45.2 Å². The Morgan fingerprint density at radius 1 is 1.33 bits per heavy atom. The minimum absolute atomic E-state index is 0.0596. The van der Waals surface area contributed by atoms with E-state index in [1.165, 1.54) is 25.3 Å². The molecule has 1 atom stereocenters. The number of amides is 2. The van der Waals surface area contributed by atoms with Gasteiger partial charge in [0, 0.05) is 38.3 Å². The first-order valence-electron chi connectivity index (χ1n) is 7.69. The molecule has 1 saturated heterocycles. The fourth-order valence-electron chi connectivity index (χ4n) is 2.57. The Morgan fingerprint density at radius 3 is 2.62 bits per heavy atom. The molecule has 132 valence electrons. The highest BCUT2D eigenvalue weighted by Crippen LogP contribution is 2.20. The lowest BCUT2D eigenvalue weighted by Gasteiger charge is -2.37. The van der Waals surface area contributed by atoms with Gasteiger partial charge in [-0.05, 0) is 25.1 Å². The fraction of sp³-hybridized carbons (Fsp3) is 0.500. The summed E-state index contributed by atoms with van der Waals surface area (Å²) in [5, 5.41) is 2.91. The Bertz CT molecular complexity index is 606. The minimum Gasteiger partial charge on any atom is -0.375 e. The zero-order chi connectivity index (χ0) is 17.7. The summed E-state index contributed by atoms with van der Waals surface area (Å²) in [4.78, 5) is 27.8. The second-order valence-corrected chi connectivity index (χ2v) is 6.08. The van der Waals surface area contributed by atoms with E-state index in [9.17, 15) is 14.0 Å². The Morgan fingerprint density at radius 2 is 2.00 bits per heavy atom. The average Bonchev–Trinajstić information content (AvgIpc) is 2.57. The normalized spacial score (nSPS) is 16.8. The van der Waals surface area contributed by atoms with Crippen molar-refractivity contribution in [1.29, 1.82) is 0 Å². The van der Waals surface area contributed by atoms with Crippen molar-refractivity contribution >= 4 is 29.1 Å². The molecule has 2 amide bonds. The maximum absolute atomic E-state index is 13.7. The van der Waals surface area contributed by atoms with Crippen LogP contribution in [0.4, 0.5) is 10.1 Å². The second-order valence-electron chi connectivity index (χ2n) is 5.64. The summed E-state index contributed by atoms with van der Waals surface area (Å²) in [7, 11) is 1.48. The molecule has 24 heavy (non-hydrogen) atoms. The first-order valence-corrected chi connectivity index (χ1v) is 8.07. The van der Waals surface area contributed by atoms with E-state index < -0.39 is 11.9 Å². The zero-order valence-corrected chi connectivity index (χ0v) is 14.5. The molecule has 1 aliphatic heterocycles. The third kappa shape index (κ3) is 4.66. The van der Waals surface area contributed by atoms with Crippen molar-refractivity contribution in [2.45, 2.75) is 13.0 Å². The van der Waals surface area contributed by atoms with Gasteiger partial charge in [0.2, 0.25) is 11.8 Å². The molecule has 1 heterocycles. The van der Waals surface area contributed by atoms with E-state index in [0.29, 0.717) is 31.2 Å². The molecule has 1 aromatic carbocycles. The lowest BCUT2D eigenvalue weighted by Crippen LogP contribution is -2.54. The number of ether oxygens (including phenoxy) is 1. The van der Waals surface area contributed by atoms with Gasteiger partial charge in [-0.15, -0.1) is 0 Å². The Hall–Kier alpha value is -1.70. The molecule has 0 aliphatic carbocycles. The summed E-state index contributed by atoms with van der Waals surface area (Å²) in [6.45, 7) is 4.02. The van der Waals surface area contributed by atoms with E-state index in [-0.39, 0.29) is 24.1 Å². The Labute approximate surface area is 145 Å². The van der Waals surface area contributed by atoms with E-state index in [1.807, 2.05) is 4.90 Å².